The second kappa shape index (κ2) is 4.65. The van der Waals surface area contributed by atoms with Crippen LogP contribution in [0, 0.1) is 13.8 Å². The molecule has 3 nitrogen and oxygen atoms in total. The van der Waals surface area contributed by atoms with Gasteiger partial charge in [0.05, 0.1) is 11.4 Å². The lowest BCUT2D eigenvalue weighted by Gasteiger charge is -2.23. The van der Waals surface area contributed by atoms with E-state index in [1.807, 2.05) is 6.07 Å². The number of hydrogen-bond acceptors (Lipinski definition) is 2. The minimum absolute atomic E-state index is 0.824. The maximum absolute atomic E-state index is 6.00. The highest BCUT2D eigenvalue weighted by Gasteiger charge is 2.18. The van der Waals surface area contributed by atoms with Gasteiger partial charge in [-0.2, -0.15) is 0 Å². The van der Waals surface area contributed by atoms with E-state index in [0.29, 0.717) is 0 Å². The first-order valence-corrected chi connectivity index (χ1v) is 6.96. The molecule has 3 rings (SSSR count). The Kier molecular flexibility index (Phi) is 2.97. The summed E-state index contributed by atoms with van der Waals surface area (Å²) in [6.45, 7) is 6.58. The average Bonchev–Trinajstić information content (AvgIpc) is 3.00. The van der Waals surface area contributed by atoms with E-state index in [2.05, 4.69) is 47.6 Å². The van der Waals surface area contributed by atoms with E-state index in [9.17, 15) is 0 Å². The molecule has 0 aliphatic carbocycles. The van der Waals surface area contributed by atoms with Crippen molar-refractivity contribution in [3.8, 4) is 5.69 Å². The van der Waals surface area contributed by atoms with Crippen LogP contribution >= 0.6 is 0 Å². The molecule has 1 saturated heterocycles. The average molecular weight is 255 g/mol. The van der Waals surface area contributed by atoms with Gasteiger partial charge in [-0.3, -0.25) is 0 Å². The molecule has 0 bridgehead atoms. The number of nitrogen functional groups attached to an aromatic ring is 1. The summed E-state index contributed by atoms with van der Waals surface area (Å²) in [6, 6.07) is 10.6. The van der Waals surface area contributed by atoms with Crippen LogP contribution in [0.2, 0.25) is 0 Å². The van der Waals surface area contributed by atoms with Gasteiger partial charge in [0.25, 0.3) is 0 Å². The number of hydrogen-bond donors (Lipinski definition) is 1. The van der Waals surface area contributed by atoms with E-state index in [-0.39, 0.29) is 0 Å². The van der Waals surface area contributed by atoms with Crippen molar-refractivity contribution in [3.63, 3.8) is 0 Å². The number of aromatic nitrogens is 1. The molecule has 0 saturated carbocycles. The van der Waals surface area contributed by atoms with Crippen LogP contribution in [0.4, 0.5) is 11.4 Å². The minimum atomic E-state index is 0.824. The lowest BCUT2D eigenvalue weighted by atomic mass is 10.2. The molecule has 0 unspecified atom stereocenters. The molecule has 1 aromatic carbocycles. The van der Waals surface area contributed by atoms with E-state index < -0.39 is 0 Å². The maximum Gasteiger partial charge on any atom is 0.0709 e. The summed E-state index contributed by atoms with van der Waals surface area (Å²) in [7, 11) is 0. The smallest absolute Gasteiger partial charge is 0.0709 e. The number of anilines is 2. The first-order valence-electron chi connectivity index (χ1n) is 6.96. The summed E-state index contributed by atoms with van der Waals surface area (Å²) in [5, 5.41) is 0. The van der Waals surface area contributed by atoms with Gasteiger partial charge in [-0.25, -0.2) is 0 Å². The van der Waals surface area contributed by atoms with Crippen molar-refractivity contribution in [2.24, 2.45) is 0 Å². The SMILES string of the molecule is Cc1ccc(C)n1-c1cc(N)ccc1N1CCCC1. The van der Waals surface area contributed by atoms with Gasteiger partial charge >= 0.3 is 0 Å². The Hall–Kier alpha value is -1.90. The van der Waals surface area contributed by atoms with E-state index in [1.54, 1.807) is 0 Å². The second-order valence-electron chi connectivity index (χ2n) is 5.39. The molecule has 3 heteroatoms. The van der Waals surface area contributed by atoms with Gasteiger partial charge in [0.1, 0.15) is 0 Å². The molecule has 1 fully saturated rings. The van der Waals surface area contributed by atoms with Gasteiger partial charge in [0, 0.05) is 30.2 Å². The van der Waals surface area contributed by atoms with Gasteiger partial charge < -0.3 is 15.2 Å². The van der Waals surface area contributed by atoms with E-state index >= 15 is 0 Å². The van der Waals surface area contributed by atoms with Gasteiger partial charge in [-0.15, -0.1) is 0 Å². The normalized spacial score (nSPS) is 15.2. The number of aryl methyl sites for hydroxylation is 2. The molecule has 0 amide bonds. The molecule has 1 aromatic heterocycles. The summed E-state index contributed by atoms with van der Waals surface area (Å²) in [6.07, 6.45) is 2.57. The van der Waals surface area contributed by atoms with Gasteiger partial charge in [0.15, 0.2) is 0 Å². The first-order chi connectivity index (χ1) is 9.16. The highest BCUT2D eigenvalue weighted by Crippen LogP contribution is 2.31. The van der Waals surface area contributed by atoms with Crippen LogP contribution in [0.15, 0.2) is 30.3 Å². The zero-order chi connectivity index (χ0) is 13.4. The Morgan fingerprint density at radius 3 is 2.16 bits per heavy atom. The molecular weight excluding hydrogens is 234 g/mol. The van der Waals surface area contributed by atoms with Crippen molar-refractivity contribution in [2.45, 2.75) is 26.7 Å². The molecule has 1 aliphatic rings. The lowest BCUT2D eigenvalue weighted by molar-refractivity contribution is 0.918. The third-order valence-electron chi connectivity index (χ3n) is 3.96. The quantitative estimate of drug-likeness (QED) is 0.836. The lowest BCUT2D eigenvalue weighted by Crippen LogP contribution is -2.20. The number of nitrogens with two attached hydrogens (primary N) is 1. The minimum Gasteiger partial charge on any atom is -0.399 e. The Morgan fingerprint density at radius 1 is 0.895 bits per heavy atom. The number of rotatable bonds is 2. The first kappa shape index (κ1) is 12.2. The molecular formula is C16H21N3. The Morgan fingerprint density at radius 2 is 1.53 bits per heavy atom. The fourth-order valence-electron chi connectivity index (χ4n) is 2.99. The largest absolute Gasteiger partial charge is 0.399 e. The maximum atomic E-state index is 6.00. The zero-order valence-electron chi connectivity index (χ0n) is 11.7. The summed E-state index contributed by atoms with van der Waals surface area (Å²) in [5.41, 5.74) is 11.8. The van der Waals surface area contributed by atoms with E-state index in [1.165, 1.54) is 35.6 Å². The summed E-state index contributed by atoms with van der Waals surface area (Å²) >= 11 is 0. The topological polar surface area (TPSA) is 34.2 Å². The highest BCUT2D eigenvalue weighted by molar-refractivity contribution is 5.69. The molecule has 0 spiro atoms. The van der Waals surface area contributed by atoms with Gasteiger partial charge in [-0.05, 0) is 57.0 Å². The van der Waals surface area contributed by atoms with Crippen molar-refractivity contribution in [2.75, 3.05) is 23.7 Å². The van der Waals surface area contributed by atoms with Gasteiger partial charge in [0.2, 0.25) is 0 Å². The predicted octanol–water partition coefficient (Wildman–Crippen LogP) is 3.28. The Bertz CT molecular complexity index is 573. The van der Waals surface area contributed by atoms with Crippen LogP contribution in [0.1, 0.15) is 24.2 Å². The monoisotopic (exact) mass is 255 g/mol. The third-order valence-corrected chi connectivity index (χ3v) is 3.96. The molecule has 2 heterocycles. The van der Waals surface area contributed by atoms with Gasteiger partial charge in [-0.1, -0.05) is 0 Å². The van der Waals surface area contributed by atoms with Crippen molar-refractivity contribution < 1.29 is 0 Å². The molecule has 100 valence electrons. The molecule has 2 N–H and O–H groups in total. The van der Waals surface area contributed by atoms with E-state index in [4.69, 9.17) is 5.73 Å². The van der Waals surface area contributed by atoms with Crippen LogP contribution in [-0.2, 0) is 0 Å². The standard InChI is InChI=1S/C16H21N3/c1-12-5-6-13(2)19(12)16-11-14(17)7-8-15(16)18-9-3-4-10-18/h5-8,11H,3-4,9-10,17H2,1-2H3. The fraction of sp³-hybridized carbons (Fsp3) is 0.375. The van der Waals surface area contributed by atoms with Crippen LogP contribution < -0.4 is 10.6 Å². The molecule has 19 heavy (non-hydrogen) atoms. The Labute approximate surface area is 114 Å². The second-order valence-corrected chi connectivity index (χ2v) is 5.39. The molecule has 0 atom stereocenters. The van der Waals surface area contributed by atoms with E-state index in [0.717, 1.165) is 18.8 Å². The van der Waals surface area contributed by atoms with Crippen LogP contribution in [-0.4, -0.2) is 17.7 Å². The number of nitrogens with zero attached hydrogens (tertiary/aromatic N) is 2. The summed E-state index contributed by atoms with van der Waals surface area (Å²) < 4.78 is 2.30. The molecule has 1 aliphatic heterocycles. The third kappa shape index (κ3) is 2.09. The predicted molar refractivity (Wildman–Crippen MR) is 81.1 cm³/mol. The van der Waals surface area contributed by atoms with Crippen molar-refractivity contribution >= 4 is 11.4 Å². The van der Waals surface area contributed by atoms with Crippen LogP contribution in [0.5, 0.6) is 0 Å². The van der Waals surface area contributed by atoms with Crippen molar-refractivity contribution in [3.05, 3.63) is 41.7 Å². The summed E-state index contributed by atoms with van der Waals surface area (Å²) in [4.78, 5) is 2.47. The zero-order valence-corrected chi connectivity index (χ0v) is 11.7. The fourth-order valence-corrected chi connectivity index (χ4v) is 2.99. The van der Waals surface area contributed by atoms with Crippen LogP contribution in [0.25, 0.3) is 5.69 Å². The van der Waals surface area contributed by atoms with Crippen LogP contribution in [0.3, 0.4) is 0 Å². The number of benzene rings is 1. The Balaban J connectivity index is 2.16. The highest BCUT2D eigenvalue weighted by atomic mass is 15.2. The van der Waals surface area contributed by atoms with Crippen molar-refractivity contribution in [1.29, 1.82) is 0 Å². The summed E-state index contributed by atoms with van der Waals surface area (Å²) in [5.74, 6) is 0. The molecule has 2 aromatic rings. The van der Waals surface area contributed by atoms with Crippen molar-refractivity contribution in [1.82, 2.24) is 4.57 Å². The molecule has 0 radical (unpaired) electrons.